The molecule has 3 atom stereocenters. The quantitative estimate of drug-likeness (QED) is 0.702. The molecule has 0 radical (unpaired) electrons. The number of alkyl halides is 3. The molecule has 1 aliphatic rings. The minimum atomic E-state index is -4.25. The zero-order chi connectivity index (χ0) is 20.6. The third-order valence-corrected chi connectivity index (χ3v) is 5.99. The van der Waals surface area contributed by atoms with Gasteiger partial charge in [-0.25, -0.2) is 13.6 Å². The topological polar surface area (TPSA) is 98.8 Å². The van der Waals surface area contributed by atoms with Gasteiger partial charge in [0.05, 0.1) is 11.9 Å². The minimum absolute atomic E-state index is 0.150. The van der Waals surface area contributed by atoms with Crippen LogP contribution in [0.3, 0.4) is 0 Å². The van der Waals surface area contributed by atoms with E-state index in [1.54, 1.807) is 19.9 Å². The van der Waals surface area contributed by atoms with E-state index in [1.807, 2.05) is 0 Å². The van der Waals surface area contributed by atoms with Gasteiger partial charge in [-0.15, -0.1) is 0 Å². The van der Waals surface area contributed by atoms with Crippen molar-refractivity contribution in [2.45, 2.75) is 62.7 Å². The Bertz CT molecular complexity index is 779. The normalized spacial score (nSPS) is 23.3. The molecule has 0 saturated heterocycles. The van der Waals surface area contributed by atoms with Crippen LogP contribution in [0.4, 0.5) is 13.2 Å². The third-order valence-electron chi connectivity index (χ3n) is 4.66. The van der Waals surface area contributed by atoms with Crippen LogP contribution in [0, 0.1) is 0 Å². The molecule has 154 valence electrons. The van der Waals surface area contributed by atoms with Gasteiger partial charge in [0.2, 0.25) is 10.0 Å². The van der Waals surface area contributed by atoms with Gasteiger partial charge < -0.3 is 14.6 Å². The van der Waals surface area contributed by atoms with Crippen molar-refractivity contribution in [1.29, 1.82) is 0 Å². The van der Waals surface area contributed by atoms with Gasteiger partial charge in [0.25, 0.3) is 0 Å². The van der Waals surface area contributed by atoms with E-state index >= 15 is 0 Å². The van der Waals surface area contributed by atoms with Crippen LogP contribution in [-0.2, 0) is 10.0 Å². The molecule has 0 saturated carbocycles. The predicted octanol–water partition coefficient (Wildman–Crippen LogP) is 2.70. The van der Waals surface area contributed by atoms with Crippen LogP contribution in [0.15, 0.2) is 18.2 Å². The number of aliphatic hydroxyl groups excluding tert-OH is 1. The molecule has 0 aliphatic carbocycles. The first-order chi connectivity index (χ1) is 12.2. The monoisotopic (exact) mass is 411 g/mol. The summed E-state index contributed by atoms with van der Waals surface area (Å²) in [5.41, 5.74) is -0.664. The number of primary sulfonamides is 1. The summed E-state index contributed by atoms with van der Waals surface area (Å²) in [7, 11) is -3.96. The average molecular weight is 411 g/mol. The number of sulfonamides is 1. The summed E-state index contributed by atoms with van der Waals surface area (Å²) in [6.07, 6.45) is -6.58. The first-order valence-electron chi connectivity index (χ1n) is 8.44. The van der Waals surface area contributed by atoms with E-state index in [-0.39, 0.29) is 18.8 Å². The van der Waals surface area contributed by atoms with E-state index < -0.39 is 45.5 Å². The lowest BCUT2D eigenvalue weighted by Crippen LogP contribution is -2.53. The lowest BCUT2D eigenvalue weighted by Gasteiger charge is -2.43. The van der Waals surface area contributed by atoms with E-state index in [1.165, 1.54) is 19.1 Å². The molecule has 6 nitrogen and oxygen atoms in total. The van der Waals surface area contributed by atoms with Gasteiger partial charge in [-0.3, -0.25) is 0 Å². The average Bonchev–Trinajstić information content (AvgIpc) is 2.50. The predicted molar refractivity (Wildman–Crippen MR) is 93.3 cm³/mol. The van der Waals surface area contributed by atoms with Gasteiger partial charge in [0.15, 0.2) is 0 Å². The van der Waals surface area contributed by atoms with E-state index in [0.717, 1.165) is 0 Å². The zero-order valence-electron chi connectivity index (χ0n) is 15.3. The van der Waals surface area contributed by atoms with Gasteiger partial charge >= 0.3 is 6.18 Å². The number of benzene rings is 1. The summed E-state index contributed by atoms with van der Waals surface area (Å²) in [5.74, 6) is -0.246. The fourth-order valence-corrected chi connectivity index (χ4v) is 3.80. The van der Waals surface area contributed by atoms with Crippen LogP contribution >= 0.6 is 0 Å². The van der Waals surface area contributed by atoms with Crippen molar-refractivity contribution in [3.63, 3.8) is 0 Å². The Morgan fingerprint density at radius 3 is 2.56 bits per heavy atom. The summed E-state index contributed by atoms with van der Waals surface area (Å²) in [5, 5.41) is 14.8. The number of nitrogens with two attached hydrogens (primary N) is 1. The van der Waals surface area contributed by atoms with Crippen LogP contribution < -0.4 is 14.6 Å². The SMILES string of the molecule is CC(C1c2cc(OCCCC(F)(F)F)ccc2OC(C)(C)C1O)S(N)(=O)=O. The Hall–Kier alpha value is -1.52. The largest absolute Gasteiger partial charge is 0.494 e. The van der Waals surface area contributed by atoms with Crippen molar-refractivity contribution in [3.05, 3.63) is 23.8 Å². The summed E-state index contributed by atoms with van der Waals surface area (Å²) in [6.45, 7) is 4.50. The van der Waals surface area contributed by atoms with Crippen molar-refractivity contribution in [2.24, 2.45) is 5.14 Å². The lowest BCUT2D eigenvalue weighted by atomic mass is 9.79. The van der Waals surface area contributed by atoms with Gasteiger partial charge in [-0.05, 0) is 45.4 Å². The Balaban J connectivity index is 2.29. The van der Waals surface area contributed by atoms with Crippen molar-refractivity contribution in [1.82, 2.24) is 0 Å². The maximum Gasteiger partial charge on any atom is 0.389 e. The Morgan fingerprint density at radius 2 is 2.00 bits per heavy atom. The number of rotatable bonds is 6. The first kappa shape index (κ1) is 21.8. The highest BCUT2D eigenvalue weighted by Crippen LogP contribution is 2.45. The van der Waals surface area contributed by atoms with Crippen molar-refractivity contribution < 1.29 is 36.2 Å². The summed E-state index contributed by atoms with van der Waals surface area (Å²) >= 11 is 0. The maximum absolute atomic E-state index is 12.2. The van der Waals surface area contributed by atoms with Crippen molar-refractivity contribution >= 4 is 10.0 Å². The van der Waals surface area contributed by atoms with Crippen molar-refractivity contribution in [2.75, 3.05) is 6.61 Å². The highest BCUT2D eigenvalue weighted by molar-refractivity contribution is 7.89. The fourth-order valence-electron chi connectivity index (χ4n) is 3.09. The Kier molecular flexibility index (Phi) is 6.03. The summed E-state index contributed by atoms with van der Waals surface area (Å²) in [4.78, 5) is 0. The Morgan fingerprint density at radius 1 is 1.37 bits per heavy atom. The molecule has 0 spiro atoms. The maximum atomic E-state index is 12.2. The van der Waals surface area contributed by atoms with E-state index in [4.69, 9.17) is 14.6 Å². The molecule has 2 rings (SSSR count). The highest BCUT2D eigenvalue weighted by Gasteiger charge is 2.47. The second-order valence-electron chi connectivity index (χ2n) is 7.24. The van der Waals surface area contributed by atoms with E-state index in [9.17, 15) is 26.7 Å². The molecule has 0 fully saturated rings. The van der Waals surface area contributed by atoms with E-state index in [0.29, 0.717) is 11.3 Å². The third kappa shape index (κ3) is 5.26. The minimum Gasteiger partial charge on any atom is -0.494 e. The smallest absolute Gasteiger partial charge is 0.389 e. The molecule has 0 aromatic heterocycles. The molecule has 0 amide bonds. The standard InChI is InChI=1S/C17H24F3NO5S/c1-10(27(21,23)24)14-12-9-11(25-8-4-7-17(18,19)20)5-6-13(12)26-16(2,3)15(14)22/h5-6,9-10,14-15,22H,4,7-8H2,1-3H3,(H2,21,23,24). The highest BCUT2D eigenvalue weighted by atomic mass is 32.2. The van der Waals surface area contributed by atoms with Gasteiger partial charge in [-0.1, -0.05) is 0 Å². The lowest BCUT2D eigenvalue weighted by molar-refractivity contribution is -0.136. The molecular formula is C17H24F3NO5S. The molecule has 3 unspecified atom stereocenters. The molecule has 3 N–H and O–H groups in total. The number of fused-ring (bicyclic) bond motifs is 1. The zero-order valence-corrected chi connectivity index (χ0v) is 16.1. The molecule has 1 heterocycles. The number of aliphatic hydroxyl groups is 1. The fraction of sp³-hybridized carbons (Fsp3) is 0.647. The van der Waals surface area contributed by atoms with Gasteiger partial charge in [-0.2, -0.15) is 13.2 Å². The number of ether oxygens (including phenoxy) is 2. The van der Waals surface area contributed by atoms with Crippen LogP contribution in [-0.4, -0.2) is 43.3 Å². The number of halogens is 3. The molecule has 10 heteroatoms. The molecule has 1 aromatic rings. The molecule has 27 heavy (non-hydrogen) atoms. The van der Waals surface area contributed by atoms with Crippen LogP contribution in [0.2, 0.25) is 0 Å². The number of hydrogen-bond acceptors (Lipinski definition) is 5. The summed E-state index contributed by atoms with van der Waals surface area (Å²) < 4.78 is 71.5. The van der Waals surface area contributed by atoms with Crippen molar-refractivity contribution in [3.8, 4) is 11.5 Å². The van der Waals surface area contributed by atoms with Gasteiger partial charge in [0.1, 0.15) is 23.2 Å². The first-order valence-corrected chi connectivity index (χ1v) is 10.1. The van der Waals surface area contributed by atoms with Gasteiger partial charge in [0, 0.05) is 17.9 Å². The second kappa shape index (κ2) is 7.48. The number of hydrogen-bond donors (Lipinski definition) is 2. The van der Waals surface area contributed by atoms with Crippen LogP contribution in [0.1, 0.15) is 45.1 Å². The van der Waals surface area contributed by atoms with E-state index in [2.05, 4.69) is 0 Å². The molecule has 1 aromatic carbocycles. The molecule has 0 bridgehead atoms. The van der Waals surface area contributed by atoms with Crippen LogP contribution in [0.5, 0.6) is 11.5 Å². The Labute approximate surface area is 156 Å². The van der Waals surface area contributed by atoms with Crippen LogP contribution in [0.25, 0.3) is 0 Å². The molecule has 1 aliphatic heterocycles. The second-order valence-corrected chi connectivity index (χ2v) is 9.16. The molecular weight excluding hydrogens is 387 g/mol. The summed E-state index contributed by atoms with van der Waals surface area (Å²) in [6, 6.07) is 4.55.